The van der Waals surface area contributed by atoms with Crippen LogP contribution in [0.2, 0.25) is 0 Å². The molecule has 0 atom stereocenters. The van der Waals surface area contributed by atoms with Crippen LogP contribution in [0.4, 0.5) is 0 Å². The number of nitrogens with zero attached hydrogens (tertiary/aromatic N) is 4. The van der Waals surface area contributed by atoms with Gasteiger partial charge in [0.1, 0.15) is 11.1 Å². The van der Waals surface area contributed by atoms with E-state index in [0.29, 0.717) is 38.3 Å². The standard InChI is InChI=1S/C14H18N4O3S/c1-2-12-15-7-10(22-12)8-18-9-11(16-17-18)14(13(19)20)3-5-21-6-4-14/h7,9H,2-6,8H2,1H3,(H,19,20). The molecule has 1 saturated heterocycles. The number of carboxylic acid groups (broad SMARTS) is 1. The average molecular weight is 322 g/mol. The molecule has 0 radical (unpaired) electrons. The maximum absolute atomic E-state index is 11.7. The second-order valence-electron chi connectivity index (χ2n) is 5.37. The molecule has 1 fully saturated rings. The van der Waals surface area contributed by atoms with Crippen LogP contribution in [0.25, 0.3) is 0 Å². The summed E-state index contributed by atoms with van der Waals surface area (Å²) in [6.45, 7) is 3.51. The molecule has 3 rings (SSSR count). The van der Waals surface area contributed by atoms with E-state index in [1.807, 2.05) is 6.20 Å². The predicted octanol–water partition coefficient (Wildman–Crippen LogP) is 1.48. The summed E-state index contributed by atoms with van der Waals surface area (Å²) in [5, 5.41) is 18.9. The van der Waals surface area contributed by atoms with Gasteiger partial charge in [-0.15, -0.1) is 16.4 Å². The van der Waals surface area contributed by atoms with Crippen LogP contribution in [-0.4, -0.2) is 44.3 Å². The van der Waals surface area contributed by atoms with Crippen molar-refractivity contribution in [1.29, 1.82) is 0 Å². The van der Waals surface area contributed by atoms with Gasteiger partial charge in [0.2, 0.25) is 0 Å². The maximum atomic E-state index is 11.7. The van der Waals surface area contributed by atoms with Crippen molar-refractivity contribution in [3.8, 4) is 0 Å². The molecule has 0 aromatic carbocycles. The first-order chi connectivity index (χ1) is 10.6. The van der Waals surface area contributed by atoms with E-state index in [1.165, 1.54) is 0 Å². The van der Waals surface area contributed by atoms with Crippen LogP contribution in [0.3, 0.4) is 0 Å². The fraction of sp³-hybridized carbons (Fsp3) is 0.571. The van der Waals surface area contributed by atoms with E-state index in [0.717, 1.165) is 16.3 Å². The van der Waals surface area contributed by atoms with Crippen molar-refractivity contribution < 1.29 is 14.6 Å². The zero-order valence-corrected chi connectivity index (χ0v) is 13.2. The van der Waals surface area contributed by atoms with Gasteiger partial charge < -0.3 is 9.84 Å². The predicted molar refractivity (Wildman–Crippen MR) is 80.0 cm³/mol. The van der Waals surface area contributed by atoms with E-state index in [4.69, 9.17) is 4.74 Å². The molecule has 1 aliphatic rings. The molecule has 3 heterocycles. The largest absolute Gasteiger partial charge is 0.481 e. The van der Waals surface area contributed by atoms with Gasteiger partial charge in [-0.25, -0.2) is 9.67 Å². The number of ether oxygens (including phenoxy) is 1. The first-order valence-electron chi connectivity index (χ1n) is 7.29. The summed E-state index contributed by atoms with van der Waals surface area (Å²) >= 11 is 1.64. The van der Waals surface area contributed by atoms with E-state index >= 15 is 0 Å². The molecule has 0 bridgehead atoms. The number of carboxylic acids is 1. The normalized spacial score (nSPS) is 17.5. The lowest BCUT2D eigenvalue weighted by molar-refractivity contribution is -0.148. The number of hydrogen-bond donors (Lipinski definition) is 1. The summed E-state index contributed by atoms with van der Waals surface area (Å²) in [4.78, 5) is 17.1. The second kappa shape index (κ2) is 6.13. The van der Waals surface area contributed by atoms with E-state index < -0.39 is 11.4 Å². The van der Waals surface area contributed by atoms with E-state index in [1.54, 1.807) is 22.2 Å². The molecule has 0 spiro atoms. The minimum absolute atomic E-state index is 0.432. The highest BCUT2D eigenvalue weighted by Crippen LogP contribution is 2.33. The molecule has 2 aromatic heterocycles. The first-order valence-corrected chi connectivity index (χ1v) is 8.11. The Morgan fingerprint density at radius 1 is 1.50 bits per heavy atom. The van der Waals surface area contributed by atoms with Crippen LogP contribution in [0.1, 0.15) is 35.3 Å². The Hall–Kier alpha value is -1.80. The highest BCUT2D eigenvalue weighted by Gasteiger charge is 2.44. The lowest BCUT2D eigenvalue weighted by Crippen LogP contribution is -2.41. The van der Waals surface area contributed by atoms with E-state index in [2.05, 4.69) is 22.2 Å². The van der Waals surface area contributed by atoms with Gasteiger partial charge in [0.25, 0.3) is 0 Å². The monoisotopic (exact) mass is 322 g/mol. The number of hydrogen-bond acceptors (Lipinski definition) is 6. The topological polar surface area (TPSA) is 90.1 Å². The molecule has 1 N–H and O–H groups in total. The summed E-state index contributed by atoms with van der Waals surface area (Å²) in [7, 11) is 0. The zero-order valence-electron chi connectivity index (χ0n) is 12.4. The summed E-state index contributed by atoms with van der Waals surface area (Å²) in [6, 6.07) is 0. The molecular formula is C14H18N4O3S. The lowest BCUT2D eigenvalue weighted by atomic mass is 9.78. The van der Waals surface area contributed by atoms with Crippen molar-refractivity contribution >= 4 is 17.3 Å². The van der Waals surface area contributed by atoms with Gasteiger partial charge in [0, 0.05) is 24.3 Å². The van der Waals surface area contributed by atoms with Crippen molar-refractivity contribution in [2.24, 2.45) is 0 Å². The minimum atomic E-state index is -0.973. The summed E-state index contributed by atoms with van der Waals surface area (Å²) < 4.78 is 6.97. The fourth-order valence-electron chi connectivity index (χ4n) is 2.64. The van der Waals surface area contributed by atoms with Crippen molar-refractivity contribution in [3.05, 3.63) is 28.0 Å². The number of aryl methyl sites for hydroxylation is 1. The molecule has 0 amide bonds. The Morgan fingerprint density at radius 2 is 2.27 bits per heavy atom. The van der Waals surface area contributed by atoms with Gasteiger partial charge >= 0.3 is 5.97 Å². The van der Waals surface area contributed by atoms with Crippen molar-refractivity contribution in [2.45, 2.75) is 38.1 Å². The zero-order chi connectivity index (χ0) is 15.6. The number of rotatable bonds is 5. The van der Waals surface area contributed by atoms with Crippen LogP contribution in [0.15, 0.2) is 12.4 Å². The van der Waals surface area contributed by atoms with E-state index in [9.17, 15) is 9.90 Å². The molecule has 0 aliphatic carbocycles. The van der Waals surface area contributed by atoms with Crippen LogP contribution < -0.4 is 0 Å². The molecule has 1 aliphatic heterocycles. The fourth-order valence-corrected chi connectivity index (χ4v) is 3.49. The average Bonchev–Trinajstić information content (AvgIpc) is 3.17. The summed E-state index contributed by atoms with van der Waals surface area (Å²) in [5.74, 6) is -0.853. The van der Waals surface area contributed by atoms with Crippen LogP contribution in [-0.2, 0) is 27.9 Å². The number of aliphatic carboxylic acids is 1. The molecule has 22 heavy (non-hydrogen) atoms. The molecule has 0 unspecified atom stereocenters. The smallest absolute Gasteiger partial charge is 0.316 e. The third kappa shape index (κ3) is 2.76. The number of carbonyl (C=O) groups is 1. The molecule has 8 heteroatoms. The number of thiazole rings is 1. The maximum Gasteiger partial charge on any atom is 0.316 e. The molecule has 2 aromatic rings. The highest BCUT2D eigenvalue weighted by atomic mass is 32.1. The van der Waals surface area contributed by atoms with Crippen LogP contribution in [0.5, 0.6) is 0 Å². The van der Waals surface area contributed by atoms with Crippen molar-refractivity contribution in [3.63, 3.8) is 0 Å². The van der Waals surface area contributed by atoms with Gasteiger partial charge in [-0.2, -0.15) is 0 Å². The van der Waals surface area contributed by atoms with Gasteiger partial charge in [0.15, 0.2) is 0 Å². The Morgan fingerprint density at radius 3 is 2.91 bits per heavy atom. The van der Waals surface area contributed by atoms with E-state index in [-0.39, 0.29) is 0 Å². The summed E-state index contributed by atoms with van der Waals surface area (Å²) in [6.07, 6.45) is 5.36. The molecule has 0 saturated carbocycles. The SMILES string of the molecule is CCc1ncc(Cn2cc(C3(C(=O)O)CCOCC3)nn2)s1. The second-order valence-corrected chi connectivity index (χ2v) is 6.57. The third-order valence-corrected chi connectivity index (χ3v) is 5.13. The van der Waals surface area contributed by atoms with Crippen LogP contribution in [0, 0.1) is 0 Å². The Bertz CT molecular complexity index is 661. The van der Waals surface area contributed by atoms with Gasteiger partial charge in [0.05, 0.1) is 17.7 Å². The Kier molecular flexibility index (Phi) is 4.21. The van der Waals surface area contributed by atoms with Gasteiger partial charge in [-0.1, -0.05) is 12.1 Å². The Labute approximate surface area is 131 Å². The molecular weight excluding hydrogens is 304 g/mol. The number of aromatic nitrogens is 4. The molecule has 7 nitrogen and oxygen atoms in total. The van der Waals surface area contributed by atoms with Crippen LogP contribution >= 0.6 is 11.3 Å². The third-order valence-electron chi connectivity index (χ3n) is 4.01. The molecule has 118 valence electrons. The van der Waals surface area contributed by atoms with Crippen molar-refractivity contribution in [2.75, 3.05) is 13.2 Å². The lowest BCUT2D eigenvalue weighted by Gasteiger charge is -2.30. The minimum Gasteiger partial charge on any atom is -0.481 e. The van der Waals surface area contributed by atoms with Crippen molar-refractivity contribution in [1.82, 2.24) is 20.0 Å². The van der Waals surface area contributed by atoms with Gasteiger partial charge in [-0.05, 0) is 19.3 Å². The van der Waals surface area contributed by atoms with Gasteiger partial charge in [-0.3, -0.25) is 4.79 Å². The first kappa shape index (κ1) is 15.1. The quantitative estimate of drug-likeness (QED) is 0.896. The highest BCUT2D eigenvalue weighted by molar-refractivity contribution is 7.11. The Balaban J connectivity index is 1.81. The summed E-state index contributed by atoms with van der Waals surface area (Å²) in [5.41, 5.74) is -0.456.